The van der Waals surface area contributed by atoms with E-state index in [1.165, 1.54) is 22.2 Å². The smallest absolute Gasteiger partial charge is 0.0670 e. The quantitative estimate of drug-likeness (QED) is 0.729. The molecular formula is C19H19N3. The van der Waals surface area contributed by atoms with E-state index in [2.05, 4.69) is 52.9 Å². The molecule has 0 saturated heterocycles. The molecule has 3 heteroatoms. The molecule has 2 aromatic heterocycles. The Labute approximate surface area is 130 Å². The lowest BCUT2D eigenvalue weighted by molar-refractivity contribution is 0.698. The molecule has 0 N–H and O–H groups in total. The number of rotatable bonds is 4. The Balaban J connectivity index is 1.95. The molecule has 1 aromatic carbocycles. The van der Waals surface area contributed by atoms with E-state index in [9.17, 15) is 0 Å². The van der Waals surface area contributed by atoms with Crippen molar-refractivity contribution in [2.45, 2.75) is 33.2 Å². The van der Waals surface area contributed by atoms with Crippen molar-refractivity contribution in [1.82, 2.24) is 9.55 Å². The van der Waals surface area contributed by atoms with E-state index in [4.69, 9.17) is 5.26 Å². The lowest BCUT2D eigenvalue weighted by atomic mass is 10.1. The zero-order chi connectivity index (χ0) is 15.5. The lowest BCUT2D eigenvalue weighted by Crippen LogP contribution is -2.04. The molecular weight excluding hydrogens is 270 g/mol. The van der Waals surface area contributed by atoms with Gasteiger partial charge in [-0.2, -0.15) is 5.26 Å². The van der Waals surface area contributed by atoms with E-state index >= 15 is 0 Å². The van der Waals surface area contributed by atoms with Crippen LogP contribution >= 0.6 is 0 Å². The number of nitriles is 1. The van der Waals surface area contributed by atoms with Crippen LogP contribution in [0.4, 0.5) is 0 Å². The number of benzene rings is 1. The normalized spacial score (nSPS) is 10.8. The monoisotopic (exact) mass is 289 g/mol. The molecule has 3 nitrogen and oxygen atoms in total. The summed E-state index contributed by atoms with van der Waals surface area (Å²) in [5.41, 5.74) is 5.85. The van der Waals surface area contributed by atoms with E-state index in [1.54, 1.807) is 0 Å². The predicted molar refractivity (Wildman–Crippen MR) is 88.7 cm³/mol. The molecule has 3 aromatic rings. The highest BCUT2D eigenvalue weighted by molar-refractivity contribution is 5.85. The maximum Gasteiger partial charge on any atom is 0.0670 e. The molecule has 110 valence electrons. The van der Waals surface area contributed by atoms with Crippen LogP contribution < -0.4 is 0 Å². The third-order valence-corrected chi connectivity index (χ3v) is 4.21. The molecule has 0 atom stereocenters. The zero-order valence-corrected chi connectivity index (χ0v) is 13.0. The Morgan fingerprint density at radius 2 is 1.95 bits per heavy atom. The Bertz CT molecular complexity index is 835. The van der Waals surface area contributed by atoms with Gasteiger partial charge < -0.3 is 4.57 Å². The molecule has 0 saturated carbocycles. The van der Waals surface area contributed by atoms with Gasteiger partial charge in [-0.3, -0.25) is 4.98 Å². The van der Waals surface area contributed by atoms with Crippen LogP contribution in [0.15, 0.2) is 42.6 Å². The Kier molecular flexibility index (Phi) is 3.93. The van der Waals surface area contributed by atoms with Gasteiger partial charge in [0.25, 0.3) is 0 Å². The molecule has 2 heterocycles. The first kappa shape index (κ1) is 14.3. The number of aryl methyl sites for hydroxylation is 3. The fourth-order valence-electron chi connectivity index (χ4n) is 2.98. The molecule has 0 aliphatic heterocycles. The summed E-state index contributed by atoms with van der Waals surface area (Å²) in [5.74, 6) is 0. The van der Waals surface area contributed by atoms with E-state index in [-0.39, 0.29) is 0 Å². The second-order valence-electron chi connectivity index (χ2n) is 5.63. The minimum absolute atomic E-state index is 0.464. The molecule has 22 heavy (non-hydrogen) atoms. The largest absolute Gasteiger partial charge is 0.344 e. The van der Waals surface area contributed by atoms with Crippen LogP contribution in [-0.2, 0) is 19.4 Å². The third kappa shape index (κ3) is 2.60. The van der Waals surface area contributed by atoms with Crippen LogP contribution in [0.1, 0.15) is 22.5 Å². The summed E-state index contributed by atoms with van der Waals surface area (Å²) in [5, 5.41) is 10.3. The van der Waals surface area contributed by atoms with Crippen molar-refractivity contribution in [3.05, 3.63) is 65.1 Å². The summed E-state index contributed by atoms with van der Waals surface area (Å²) < 4.78 is 2.32. The van der Waals surface area contributed by atoms with Gasteiger partial charge in [-0.25, -0.2) is 0 Å². The summed E-state index contributed by atoms with van der Waals surface area (Å²) in [6, 6.07) is 14.8. The first-order valence-electron chi connectivity index (χ1n) is 7.56. The van der Waals surface area contributed by atoms with Gasteiger partial charge in [-0.15, -0.1) is 0 Å². The SMILES string of the molecule is Cc1ccc(CCn2c(C)c(CC#N)c3ccccc32)cn1. The third-order valence-electron chi connectivity index (χ3n) is 4.21. The Hall–Kier alpha value is -2.60. The summed E-state index contributed by atoms with van der Waals surface area (Å²) >= 11 is 0. The number of aromatic nitrogens is 2. The number of hydrogen-bond acceptors (Lipinski definition) is 2. The molecule has 0 amide bonds. The van der Waals surface area contributed by atoms with Crippen molar-refractivity contribution in [1.29, 1.82) is 5.26 Å². The van der Waals surface area contributed by atoms with E-state index in [0.717, 1.165) is 24.2 Å². The second-order valence-corrected chi connectivity index (χ2v) is 5.63. The van der Waals surface area contributed by atoms with Crippen LogP contribution in [0.25, 0.3) is 10.9 Å². The fraction of sp³-hybridized carbons (Fsp3) is 0.263. The van der Waals surface area contributed by atoms with Crippen molar-refractivity contribution < 1.29 is 0 Å². The van der Waals surface area contributed by atoms with Crippen LogP contribution in [-0.4, -0.2) is 9.55 Å². The van der Waals surface area contributed by atoms with E-state index < -0.39 is 0 Å². The summed E-state index contributed by atoms with van der Waals surface area (Å²) in [7, 11) is 0. The minimum Gasteiger partial charge on any atom is -0.344 e. The maximum absolute atomic E-state index is 9.08. The van der Waals surface area contributed by atoms with Gasteiger partial charge in [0.15, 0.2) is 0 Å². The molecule has 0 unspecified atom stereocenters. The van der Waals surface area contributed by atoms with Crippen LogP contribution in [0, 0.1) is 25.2 Å². The molecule has 0 spiro atoms. The van der Waals surface area contributed by atoms with Gasteiger partial charge in [0.05, 0.1) is 12.5 Å². The highest BCUT2D eigenvalue weighted by Crippen LogP contribution is 2.26. The van der Waals surface area contributed by atoms with Crippen molar-refractivity contribution in [3.63, 3.8) is 0 Å². The van der Waals surface area contributed by atoms with E-state index in [1.807, 2.05) is 19.2 Å². The molecule has 0 radical (unpaired) electrons. The van der Waals surface area contributed by atoms with Gasteiger partial charge in [-0.05, 0) is 43.5 Å². The van der Waals surface area contributed by atoms with Crippen molar-refractivity contribution in [3.8, 4) is 6.07 Å². The number of hydrogen-bond donors (Lipinski definition) is 0. The van der Waals surface area contributed by atoms with E-state index in [0.29, 0.717) is 6.42 Å². The zero-order valence-electron chi connectivity index (χ0n) is 13.0. The van der Waals surface area contributed by atoms with Crippen molar-refractivity contribution >= 4 is 10.9 Å². The minimum atomic E-state index is 0.464. The Morgan fingerprint density at radius 3 is 2.68 bits per heavy atom. The average Bonchev–Trinajstić information content (AvgIpc) is 2.80. The standard InChI is InChI=1S/C19H19N3/c1-14-7-8-16(13-21-14)10-12-22-15(2)17(9-11-20)18-5-3-4-6-19(18)22/h3-8,13H,9-10,12H2,1-2H3. The number of fused-ring (bicyclic) bond motifs is 1. The van der Waals surface area contributed by atoms with Crippen LogP contribution in [0.2, 0.25) is 0 Å². The number of para-hydroxylation sites is 1. The topological polar surface area (TPSA) is 41.6 Å². The van der Waals surface area contributed by atoms with Gasteiger partial charge in [0.2, 0.25) is 0 Å². The number of nitrogens with zero attached hydrogens (tertiary/aromatic N) is 3. The summed E-state index contributed by atoms with van der Waals surface area (Å²) in [6.07, 6.45) is 3.36. The summed E-state index contributed by atoms with van der Waals surface area (Å²) in [4.78, 5) is 4.36. The molecule has 0 fully saturated rings. The first-order valence-corrected chi connectivity index (χ1v) is 7.56. The van der Waals surface area contributed by atoms with Gasteiger partial charge in [-0.1, -0.05) is 24.3 Å². The van der Waals surface area contributed by atoms with Crippen LogP contribution in [0.3, 0.4) is 0 Å². The second kappa shape index (κ2) is 6.03. The fourth-order valence-corrected chi connectivity index (χ4v) is 2.98. The van der Waals surface area contributed by atoms with Gasteiger partial charge in [0.1, 0.15) is 0 Å². The molecule has 0 aliphatic rings. The summed E-state index contributed by atoms with van der Waals surface area (Å²) in [6.45, 7) is 5.02. The highest BCUT2D eigenvalue weighted by atomic mass is 15.0. The number of pyridine rings is 1. The molecule has 0 aliphatic carbocycles. The maximum atomic E-state index is 9.08. The average molecular weight is 289 g/mol. The highest BCUT2D eigenvalue weighted by Gasteiger charge is 2.13. The van der Waals surface area contributed by atoms with Crippen molar-refractivity contribution in [2.75, 3.05) is 0 Å². The van der Waals surface area contributed by atoms with Crippen LogP contribution in [0.5, 0.6) is 0 Å². The molecule has 3 rings (SSSR count). The Morgan fingerprint density at radius 1 is 1.14 bits per heavy atom. The van der Waals surface area contributed by atoms with Gasteiger partial charge in [0, 0.05) is 35.0 Å². The first-order chi connectivity index (χ1) is 10.7. The van der Waals surface area contributed by atoms with Crippen molar-refractivity contribution in [2.24, 2.45) is 0 Å². The molecule has 0 bridgehead atoms. The predicted octanol–water partition coefficient (Wildman–Crippen LogP) is 3.96. The lowest BCUT2D eigenvalue weighted by Gasteiger charge is -2.09. The van der Waals surface area contributed by atoms with Gasteiger partial charge >= 0.3 is 0 Å².